The minimum Gasteiger partial charge on any atom is -0.480 e. The second-order valence-electron chi connectivity index (χ2n) is 4.69. The second-order valence-corrected chi connectivity index (χ2v) is 4.69. The molecule has 2 rings (SSSR count). The Morgan fingerprint density at radius 3 is 2.26 bits per heavy atom. The number of nitrogens with zero attached hydrogens (tertiary/aromatic N) is 2. The largest absolute Gasteiger partial charge is 0.480 e. The smallest absolute Gasteiger partial charge is 0.325 e. The SMILES string of the molecule is O=C(O)[C@H](c1ccc([N+](=O)[O-])cc1)N1CCCCC1. The van der Waals surface area contributed by atoms with Crippen LogP contribution in [0.1, 0.15) is 30.9 Å². The molecule has 0 aliphatic carbocycles. The first kappa shape index (κ1) is 13.5. The van der Waals surface area contributed by atoms with Crippen LogP contribution in [-0.4, -0.2) is 34.0 Å². The van der Waals surface area contributed by atoms with Gasteiger partial charge in [-0.25, -0.2) is 0 Å². The molecule has 1 aromatic carbocycles. The van der Waals surface area contributed by atoms with E-state index in [1.54, 1.807) is 0 Å². The number of carbonyl (C=O) groups is 1. The molecular weight excluding hydrogens is 248 g/mol. The van der Waals surface area contributed by atoms with Gasteiger partial charge in [-0.1, -0.05) is 18.6 Å². The summed E-state index contributed by atoms with van der Waals surface area (Å²) in [7, 11) is 0. The highest BCUT2D eigenvalue weighted by Gasteiger charge is 2.28. The van der Waals surface area contributed by atoms with Crippen LogP contribution in [0.4, 0.5) is 5.69 Å². The van der Waals surface area contributed by atoms with Crippen molar-refractivity contribution in [3.8, 4) is 0 Å². The fourth-order valence-electron chi connectivity index (χ4n) is 2.46. The topological polar surface area (TPSA) is 83.7 Å². The average molecular weight is 264 g/mol. The Morgan fingerprint density at radius 1 is 1.21 bits per heavy atom. The number of aliphatic carboxylic acids is 1. The highest BCUT2D eigenvalue weighted by atomic mass is 16.6. The molecule has 0 unspecified atom stereocenters. The van der Waals surface area contributed by atoms with E-state index in [4.69, 9.17) is 0 Å². The summed E-state index contributed by atoms with van der Waals surface area (Å²) in [4.78, 5) is 23.5. The zero-order valence-electron chi connectivity index (χ0n) is 10.5. The van der Waals surface area contributed by atoms with Gasteiger partial charge < -0.3 is 5.11 Å². The standard InChI is InChI=1S/C13H16N2O4/c16-13(17)12(14-8-2-1-3-9-14)10-4-6-11(7-5-10)15(18)19/h4-7,12H,1-3,8-9H2,(H,16,17)/t12-/m0/s1. The van der Waals surface area contributed by atoms with Crippen LogP contribution >= 0.6 is 0 Å². The van der Waals surface area contributed by atoms with E-state index >= 15 is 0 Å². The molecule has 1 aromatic rings. The summed E-state index contributed by atoms with van der Waals surface area (Å²) in [5.41, 5.74) is 0.575. The van der Waals surface area contributed by atoms with E-state index in [-0.39, 0.29) is 5.69 Å². The average Bonchev–Trinajstić information content (AvgIpc) is 2.40. The summed E-state index contributed by atoms with van der Waals surface area (Å²) in [6.45, 7) is 1.52. The number of hydrogen-bond acceptors (Lipinski definition) is 4. The maximum Gasteiger partial charge on any atom is 0.325 e. The van der Waals surface area contributed by atoms with Gasteiger partial charge in [-0.15, -0.1) is 0 Å². The Bertz CT molecular complexity index is 466. The maximum absolute atomic E-state index is 11.4. The highest BCUT2D eigenvalue weighted by molar-refractivity contribution is 5.75. The van der Waals surface area contributed by atoms with Crippen molar-refractivity contribution in [2.45, 2.75) is 25.3 Å². The van der Waals surface area contributed by atoms with Gasteiger partial charge in [0.2, 0.25) is 0 Å². The molecule has 102 valence electrons. The van der Waals surface area contributed by atoms with Crippen molar-refractivity contribution in [3.63, 3.8) is 0 Å². The summed E-state index contributed by atoms with van der Waals surface area (Å²) in [5.74, 6) is -0.907. The minimum absolute atomic E-state index is 0.0217. The third-order valence-corrected chi connectivity index (χ3v) is 3.41. The van der Waals surface area contributed by atoms with Crippen LogP contribution in [0.5, 0.6) is 0 Å². The van der Waals surface area contributed by atoms with Crippen molar-refractivity contribution in [1.82, 2.24) is 4.90 Å². The van der Waals surface area contributed by atoms with Crippen LogP contribution in [0.2, 0.25) is 0 Å². The lowest BCUT2D eigenvalue weighted by atomic mass is 10.0. The van der Waals surface area contributed by atoms with Crippen molar-refractivity contribution in [1.29, 1.82) is 0 Å². The number of carboxylic acid groups (broad SMARTS) is 1. The predicted molar refractivity (Wildman–Crippen MR) is 68.9 cm³/mol. The molecule has 1 aliphatic rings. The van der Waals surface area contributed by atoms with Gasteiger partial charge in [-0.2, -0.15) is 0 Å². The normalized spacial score (nSPS) is 17.9. The lowest BCUT2D eigenvalue weighted by molar-refractivity contribution is -0.384. The van der Waals surface area contributed by atoms with Crippen LogP contribution in [0.25, 0.3) is 0 Å². The van der Waals surface area contributed by atoms with Crippen LogP contribution in [0, 0.1) is 10.1 Å². The lowest BCUT2D eigenvalue weighted by Gasteiger charge is -2.32. The molecule has 0 amide bonds. The third kappa shape index (κ3) is 3.08. The molecule has 1 saturated heterocycles. The summed E-state index contributed by atoms with van der Waals surface area (Å²) < 4.78 is 0. The fraction of sp³-hybridized carbons (Fsp3) is 0.462. The quantitative estimate of drug-likeness (QED) is 0.665. The lowest BCUT2D eigenvalue weighted by Crippen LogP contribution is -2.37. The van der Waals surface area contributed by atoms with E-state index in [0.717, 1.165) is 32.4 Å². The van der Waals surface area contributed by atoms with Crippen molar-refractivity contribution in [2.75, 3.05) is 13.1 Å². The van der Waals surface area contributed by atoms with Crippen molar-refractivity contribution in [3.05, 3.63) is 39.9 Å². The van der Waals surface area contributed by atoms with Crippen molar-refractivity contribution < 1.29 is 14.8 Å². The van der Waals surface area contributed by atoms with E-state index < -0.39 is 16.9 Å². The Kier molecular flexibility index (Phi) is 4.11. The molecule has 6 nitrogen and oxygen atoms in total. The van der Waals surface area contributed by atoms with Gasteiger partial charge in [0.25, 0.3) is 5.69 Å². The summed E-state index contributed by atoms with van der Waals surface area (Å²) in [5, 5.41) is 20.0. The first-order valence-electron chi connectivity index (χ1n) is 6.31. The number of likely N-dealkylation sites (tertiary alicyclic amines) is 1. The molecule has 1 aliphatic heterocycles. The Hall–Kier alpha value is -1.95. The molecule has 0 spiro atoms. The van der Waals surface area contributed by atoms with Crippen LogP contribution < -0.4 is 0 Å². The van der Waals surface area contributed by atoms with Gasteiger partial charge in [0.1, 0.15) is 6.04 Å². The number of rotatable bonds is 4. The molecule has 6 heteroatoms. The molecule has 1 fully saturated rings. The number of nitro benzene ring substituents is 1. The van der Waals surface area contributed by atoms with E-state index in [0.29, 0.717) is 5.56 Å². The van der Waals surface area contributed by atoms with E-state index in [2.05, 4.69) is 0 Å². The Morgan fingerprint density at radius 2 is 1.79 bits per heavy atom. The number of non-ortho nitro benzene ring substituents is 1. The third-order valence-electron chi connectivity index (χ3n) is 3.41. The van der Waals surface area contributed by atoms with Gasteiger partial charge in [-0.05, 0) is 31.5 Å². The molecule has 0 radical (unpaired) electrons. The molecular formula is C13H16N2O4. The first-order valence-corrected chi connectivity index (χ1v) is 6.31. The molecule has 19 heavy (non-hydrogen) atoms. The Labute approximate surface area is 110 Å². The van der Waals surface area contributed by atoms with E-state index in [1.807, 2.05) is 4.90 Å². The van der Waals surface area contributed by atoms with Gasteiger partial charge in [0.15, 0.2) is 0 Å². The zero-order chi connectivity index (χ0) is 13.8. The number of piperidine rings is 1. The molecule has 0 bridgehead atoms. The van der Waals surface area contributed by atoms with Crippen LogP contribution in [-0.2, 0) is 4.79 Å². The summed E-state index contributed by atoms with van der Waals surface area (Å²) in [6, 6.07) is 5.07. The molecule has 1 N–H and O–H groups in total. The number of nitro groups is 1. The van der Waals surface area contributed by atoms with Crippen LogP contribution in [0.15, 0.2) is 24.3 Å². The zero-order valence-corrected chi connectivity index (χ0v) is 10.5. The van der Waals surface area contributed by atoms with Gasteiger partial charge >= 0.3 is 5.97 Å². The van der Waals surface area contributed by atoms with E-state index in [1.165, 1.54) is 24.3 Å². The predicted octanol–water partition coefficient (Wildman–Crippen LogP) is 2.21. The number of benzene rings is 1. The second kappa shape index (κ2) is 5.79. The number of hydrogen-bond donors (Lipinski definition) is 1. The minimum atomic E-state index is -0.907. The molecule has 1 atom stereocenters. The highest BCUT2D eigenvalue weighted by Crippen LogP contribution is 2.26. The monoisotopic (exact) mass is 264 g/mol. The summed E-state index contributed by atoms with van der Waals surface area (Å²) >= 11 is 0. The molecule has 1 heterocycles. The van der Waals surface area contributed by atoms with Crippen molar-refractivity contribution >= 4 is 11.7 Å². The van der Waals surface area contributed by atoms with Gasteiger partial charge in [0.05, 0.1) is 4.92 Å². The van der Waals surface area contributed by atoms with Crippen molar-refractivity contribution in [2.24, 2.45) is 0 Å². The van der Waals surface area contributed by atoms with Crippen LogP contribution in [0.3, 0.4) is 0 Å². The Balaban J connectivity index is 2.23. The summed E-state index contributed by atoms with van der Waals surface area (Å²) in [6.07, 6.45) is 3.12. The molecule has 0 saturated carbocycles. The fourth-order valence-corrected chi connectivity index (χ4v) is 2.46. The van der Waals surface area contributed by atoms with Gasteiger partial charge in [0, 0.05) is 12.1 Å². The maximum atomic E-state index is 11.4. The number of carboxylic acids is 1. The van der Waals surface area contributed by atoms with E-state index in [9.17, 15) is 20.0 Å². The molecule has 0 aromatic heterocycles. The van der Waals surface area contributed by atoms with Gasteiger partial charge in [-0.3, -0.25) is 19.8 Å². The first-order chi connectivity index (χ1) is 9.09.